The van der Waals surface area contributed by atoms with Gasteiger partial charge in [-0.1, -0.05) is 11.6 Å². The predicted octanol–water partition coefficient (Wildman–Crippen LogP) is 1.90. The van der Waals surface area contributed by atoms with Crippen molar-refractivity contribution in [2.45, 2.75) is 6.92 Å². The smallest absolute Gasteiger partial charge is 0.481 e. The highest BCUT2D eigenvalue weighted by Crippen LogP contribution is 2.37. The predicted molar refractivity (Wildman–Crippen MR) is 57.4 cm³/mol. The highest BCUT2D eigenvalue weighted by Gasteiger charge is 2.15. The van der Waals surface area contributed by atoms with Crippen LogP contribution < -0.4 is 4.52 Å². The van der Waals surface area contributed by atoms with Gasteiger partial charge in [-0.15, -0.1) is 0 Å². The molecule has 0 unspecified atom stereocenters. The number of benzene rings is 1. The summed E-state index contributed by atoms with van der Waals surface area (Å²) >= 11 is 5.53. The van der Waals surface area contributed by atoms with Gasteiger partial charge in [0.2, 0.25) is 0 Å². The molecule has 0 aliphatic rings. The fraction of sp³-hybridized carbons (Fsp3) is 0.125. The minimum Gasteiger partial charge on any atom is -0.481 e. The zero-order valence-electron chi connectivity index (χ0n) is 8.20. The van der Waals surface area contributed by atoms with Gasteiger partial charge in [-0.3, -0.25) is 14.6 Å². The van der Waals surface area contributed by atoms with Crippen LogP contribution in [0.1, 0.15) is 6.92 Å². The standard InChI is InChI=1S/C6H6ClO4P.C2H4O2/c7-5-1-3-6(4-2-5)11-12(8,9)10;1-2(3)4/h1-4H,(H2,8,9,10);1H3,(H,3,4). The zero-order valence-corrected chi connectivity index (χ0v) is 9.85. The minimum absolute atomic E-state index is 0.0905. The van der Waals surface area contributed by atoms with E-state index in [4.69, 9.17) is 31.3 Å². The number of rotatable bonds is 2. The van der Waals surface area contributed by atoms with E-state index in [9.17, 15) is 4.57 Å². The molecule has 0 bridgehead atoms. The Labute approximate surface area is 96.7 Å². The van der Waals surface area contributed by atoms with Gasteiger partial charge in [-0.2, -0.15) is 0 Å². The first-order valence-corrected chi connectivity index (χ1v) is 5.82. The van der Waals surface area contributed by atoms with Gasteiger partial charge in [0.1, 0.15) is 5.75 Å². The molecule has 0 heterocycles. The van der Waals surface area contributed by atoms with Gasteiger partial charge in [0.05, 0.1) is 0 Å². The molecule has 0 atom stereocenters. The lowest BCUT2D eigenvalue weighted by Gasteiger charge is -2.05. The number of halogens is 1. The Morgan fingerprint density at radius 3 is 2.00 bits per heavy atom. The maximum Gasteiger partial charge on any atom is 0.524 e. The Kier molecular flexibility index (Phi) is 6.06. The first-order valence-electron chi connectivity index (χ1n) is 3.91. The summed E-state index contributed by atoms with van der Waals surface area (Å²) in [5.41, 5.74) is 0. The molecule has 16 heavy (non-hydrogen) atoms. The quantitative estimate of drug-likeness (QED) is 0.708. The molecule has 0 fully saturated rings. The number of phosphoric ester groups is 1. The van der Waals surface area contributed by atoms with E-state index in [0.717, 1.165) is 6.92 Å². The molecule has 8 heteroatoms. The summed E-state index contributed by atoms with van der Waals surface area (Å²) in [5, 5.41) is 7.90. The molecule has 0 radical (unpaired) electrons. The van der Waals surface area contributed by atoms with Gasteiger partial charge in [0, 0.05) is 11.9 Å². The fourth-order valence-electron chi connectivity index (χ4n) is 0.633. The SMILES string of the molecule is CC(=O)O.O=P(O)(O)Oc1ccc(Cl)cc1. The van der Waals surface area contributed by atoms with Crippen molar-refractivity contribution < 1.29 is 28.8 Å². The van der Waals surface area contributed by atoms with Crippen molar-refractivity contribution in [2.75, 3.05) is 0 Å². The molecule has 0 saturated heterocycles. The first kappa shape index (κ1) is 14.9. The second-order valence-electron chi connectivity index (χ2n) is 2.55. The molecule has 0 spiro atoms. The third kappa shape index (κ3) is 9.48. The molecule has 0 aliphatic heterocycles. The van der Waals surface area contributed by atoms with Crippen LogP contribution >= 0.6 is 19.4 Å². The Balaban J connectivity index is 0.000000487. The summed E-state index contributed by atoms with van der Waals surface area (Å²) in [6, 6.07) is 5.71. The van der Waals surface area contributed by atoms with Gasteiger partial charge in [-0.05, 0) is 24.3 Å². The number of aliphatic carboxylic acids is 1. The van der Waals surface area contributed by atoms with E-state index in [0.29, 0.717) is 5.02 Å². The van der Waals surface area contributed by atoms with Crippen LogP contribution in [0, 0.1) is 0 Å². The van der Waals surface area contributed by atoms with E-state index in [-0.39, 0.29) is 5.75 Å². The Morgan fingerprint density at radius 2 is 1.69 bits per heavy atom. The molecule has 1 aromatic rings. The van der Waals surface area contributed by atoms with E-state index < -0.39 is 13.8 Å². The maximum absolute atomic E-state index is 10.3. The summed E-state index contributed by atoms with van der Waals surface area (Å²) in [7, 11) is -4.45. The zero-order chi connectivity index (χ0) is 12.8. The summed E-state index contributed by atoms with van der Waals surface area (Å²) in [5.74, 6) is -0.743. The molecule has 3 N–H and O–H groups in total. The molecule has 0 aromatic heterocycles. The van der Waals surface area contributed by atoms with E-state index in [2.05, 4.69) is 4.52 Å². The number of hydrogen-bond donors (Lipinski definition) is 3. The summed E-state index contributed by atoms with van der Waals surface area (Å²) in [6.07, 6.45) is 0. The first-order chi connectivity index (χ1) is 7.20. The molecule has 6 nitrogen and oxygen atoms in total. The molecule has 90 valence electrons. The van der Waals surface area contributed by atoms with Crippen LogP contribution in [0.3, 0.4) is 0 Å². The van der Waals surface area contributed by atoms with Crippen molar-refractivity contribution in [1.29, 1.82) is 0 Å². The number of carbonyl (C=O) groups is 1. The van der Waals surface area contributed by atoms with E-state index in [1.54, 1.807) is 0 Å². The van der Waals surface area contributed by atoms with E-state index in [1.807, 2.05) is 0 Å². The van der Waals surface area contributed by atoms with Gasteiger partial charge in [0.15, 0.2) is 0 Å². The van der Waals surface area contributed by atoms with E-state index >= 15 is 0 Å². The van der Waals surface area contributed by atoms with Crippen LogP contribution in [0.25, 0.3) is 0 Å². The van der Waals surface area contributed by atoms with Gasteiger partial charge in [-0.25, -0.2) is 4.57 Å². The van der Waals surface area contributed by atoms with Crippen LogP contribution in [-0.4, -0.2) is 20.9 Å². The van der Waals surface area contributed by atoms with Crippen molar-refractivity contribution in [2.24, 2.45) is 0 Å². The highest BCUT2D eigenvalue weighted by atomic mass is 35.5. The van der Waals surface area contributed by atoms with Crippen LogP contribution in [0.15, 0.2) is 24.3 Å². The Bertz CT molecular complexity index is 380. The lowest BCUT2D eigenvalue weighted by Crippen LogP contribution is -1.89. The van der Waals surface area contributed by atoms with Crippen LogP contribution in [0.5, 0.6) is 5.75 Å². The average Bonchev–Trinajstić information content (AvgIpc) is 2.05. The normalized spacial score (nSPS) is 10.0. The summed E-state index contributed by atoms with van der Waals surface area (Å²) < 4.78 is 14.6. The van der Waals surface area contributed by atoms with Crippen molar-refractivity contribution in [1.82, 2.24) is 0 Å². The third-order valence-corrected chi connectivity index (χ3v) is 1.74. The molecular formula is C8H10ClO6P. The fourth-order valence-corrected chi connectivity index (χ4v) is 1.16. The lowest BCUT2D eigenvalue weighted by atomic mass is 10.3. The van der Waals surface area contributed by atoms with Crippen LogP contribution in [-0.2, 0) is 9.36 Å². The van der Waals surface area contributed by atoms with Gasteiger partial charge >= 0.3 is 7.82 Å². The van der Waals surface area contributed by atoms with Crippen molar-refractivity contribution in [3.05, 3.63) is 29.3 Å². The largest absolute Gasteiger partial charge is 0.524 e. The number of phosphoric acid groups is 1. The number of carboxylic acids is 1. The number of carboxylic acid groups (broad SMARTS) is 1. The van der Waals surface area contributed by atoms with Crippen molar-refractivity contribution in [3.63, 3.8) is 0 Å². The van der Waals surface area contributed by atoms with Crippen LogP contribution in [0.4, 0.5) is 0 Å². The summed E-state index contributed by atoms with van der Waals surface area (Å²) in [6.45, 7) is 1.08. The Morgan fingerprint density at radius 1 is 1.31 bits per heavy atom. The molecule has 1 rings (SSSR count). The number of hydrogen-bond acceptors (Lipinski definition) is 3. The van der Waals surface area contributed by atoms with Gasteiger partial charge < -0.3 is 9.63 Å². The highest BCUT2D eigenvalue weighted by molar-refractivity contribution is 7.46. The van der Waals surface area contributed by atoms with Crippen LogP contribution in [0.2, 0.25) is 5.02 Å². The van der Waals surface area contributed by atoms with Crippen molar-refractivity contribution in [3.8, 4) is 5.75 Å². The summed E-state index contributed by atoms with van der Waals surface area (Å²) in [4.78, 5) is 25.8. The second kappa shape index (κ2) is 6.50. The monoisotopic (exact) mass is 268 g/mol. The molecular weight excluding hydrogens is 259 g/mol. The lowest BCUT2D eigenvalue weighted by molar-refractivity contribution is -0.134. The van der Waals surface area contributed by atoms with Crippen molar-refractivity contribution >= 4 is 25.4 Å². The van der Waals surface area contributed by atoms with Gasteiger partial charge in [0.25, 0.3) is 5.97 Å². The topological polar surface area (TPSA) is 104 Å². The molecule has 0 amide bonds. The Hall–Kier alpha value is -1.07. The molecule has 0 aliphatic carbocycles. The van der Waals surface area contributed by atoms with E-state index in [1.165, 1.54) is 24.3 Å². The molecule has 1 aromatic carbocycles. The molecule has 0 saturated carbocycles. The second-order valence-corrected chi connectivity index (χ2v) is 4.15. The average molecular weight is 269 g/mol. The maximum atomic E-state index is 10.3. The third-order valence-electron chi connectivity index (χ3n) is 1.04. The minimum atomic E-state index is -4.45.